The molecule has 0 aromatic heterocycles. The lowest BCUT2D eigenvalue weighted by Gasteiger charge is -2.22. The Bertz CT molecular complexity index is 1070. The van der Waals surface area contributed by atoms with E-state index in [2.05, 4.69) is 10.2 Å². The van der Waals surface area contributed by atoms with E-state index < -0.39 is 21.8 Å². The van der Waals surface area contributed by atoms with Gasteiger partial charge < -0.3 is 0 Å². The minimum absolute atomic E-state index is 0.0345. The highest BCUT2D eigenvalue weighted by molar-refractivity contribution is 7.89. The molecule has 0 saturated carbocycles. The standard InChI is InChI=1S/C20H20ClN3O4S/c21-15-4-2-14(3-5-15)13-23-8-1-9-24(11-10-23)29(27,28)16-6-7-17-18(12-16)20(26)22-19(17)25/h2-7,12H,1,8-11,13H2,(H,22,25,26). The van der Waals surface area contributed by atoms with Gasteiger partial charge in [-0.1, -0.05) is 23.7 Å². The van der Waals surface area contributed by atoms with Gasteiger partial charge in [0, 0.05) is 31.2 Å². The Kier molecular flexibility index (Phi) is 5.44. The van der Waals surface area contributed by atoms with Crippen molar-refractivity contribution >= 4 is 33.4 Å². The van der Waals surface area contributed by atoms with E-state index in [-0.39, 0.29) is 16.0 Å². The SMILES string of the molecule is O=C1NC(=O)c2cc(S(=O)(=O)N3CCCN(Cc4ccc(Cl)cc4)CC3)ccc21. The van der Waals surface area contributed by atoms with Crippen molar-refractivity contribution in [1.82, 2.24) is 14.5 Å². The van der Waals surface area contributed by atoms with Crippen molar-refractivity contribution in [3.8, 4) is 0 Å². The molecule has 2 aliphatic heterocycles. The van der Waals surface area contributed by atoms with E-state index in [9.17, 15) is 18.0 Å². The molecule has 1 N–H and O–H groups in total. The van der Waals surface area contributed by atoms with Gasteiger partial charge in [-0.05, 0) is 48.9 Å². The summed E-state index contributed by atoms with van der Waals surface area (Å²) < 4.78 is 27.7. The van der Waals surface area contributed by atoms with E-state index in [1.807, 2.05) is 24.3 Å². The molecule has 0 bridgehead atoms. The van der Waals surface area contributed by atoms with Crippen LogP contribution in [0.5, 0.6) is 0 Å². The number of amides is 2. The molecule has 0 aliphatic carbocycles. The second-order valence-electron chi connectivity index (χ2n) is 7.15. The predicted octanol–water partition coefficient (Wildman–Crippen LogP) is 2.12. The molecule has 2 amide bonds. The molecule has 152 valence electrons. The number of nitrogens with zero attached hydrogens (tertiary/aromatic N) is 2. The average Bonchev–Trinajstić information content (AvgIpc) is 2.86. The molecule has 0 radical (unpaired) electrons. The Balaban J connectivity index is 1.48. The summed E-state index contributed by atoms with van der Waals surface area (Å²) >= 11 is 5.93. The highest BCUT2D eigenvalue weighted by atomic mass is 35.5. The lowest BCUT2D eigenvalue weighted by Crippen LogP contribution is -2.35. The lowest BCUT2D eigenvalue weighted by atomic mass is 10.1. The third kappa shape index (κ3) is 4.06. The van der Waals surface area contributed by atoms with Gasteiger partial charge in [0.15, 0.2) is 0 Å². The van der Waals surface area contributed by atoms with Crippen LogP contribution in [0.2, 0.25) is 5.02 Å². The van der Waals surface area contributed by atoms with Gasteiger partial charge in [-0.15, -0.1) is 0 Å². The number of halogens is 1. The number of fused-ring (bicyclic) bond motifs is 1. The van der Waals surface area contributed by atoms with E-state index in [1.165, 1.54) is 22.5 Å². The zero-order valence-corrected chi connectivity index (χ0v) is 17.2. The maximum absolute atomic E-state index is 13.1. The van der Waals surface area contributed by atoms with Crippen LogP contribution in [0.25, 0.3) is 0 Å². The fraction of sp³-hybridized carbons (Fsp3) is 0.300. The number of nitrogens with one attached hydrogen (secondary N) is 1. The van der Waals surface area contributed by atoms with Crippen molar-refractivity contribution < 1.29 is 18.0 Å². The number of hydrogen-bond donors (Lipinski definition) is 1. The van der Waals surface area contributed by atoms with Gasteiger partial charge in [-0.3, -0.25) is 19.8 Å². The fourth-order valence-electron chi connectivity index (χ4n) is 3.65. The summed E-state index contributed by atoms with van der Waals surface area (Å²) in [5.41, 5.74) is 1.44. The van der Waals surface area contributed by atoms with Gasteiger partial charge in [0.25, 0.3) is 11.8 Å². The minimum atomic E-state index is -3.75. The van der Waals surface area contributed by atoms with Crippen molar-refractivity contribution in [2.75, 3.05) is 26.2 Å². The zero-order chi connectivity index (χ0) is 20.6. The van der Waals surface area contributed by atoms with Crippen LogP contribution < -0.4 is 5.32 Å². The summed E-state index contributed by atoms with van der Waals surface area (Å²) in [5.74, 6) is -1.06. The largest absolute Gasteiger partial charge is 0.298 e. The second-order valence-corrected chi connectivity index (χ2v) is 9.53. The minimum Gasteiger partial charge on any atom is -0.298 e. The van der Waals surface area contributed by atoms with Crippen molar-refractivity contribution in [2.24, 2.45) is 0 Å². The quantitative estimate of drug-likeness (QED) is 0.746. The number of benzene rings is 2. The molecule has 0 atom stereocenters. The number of sulfonamides is 1. The molecule has 2 aromatic carbocycles. The summed E-state index contributed by atoms with van der Waals surface area (Å²) in [6.07, 6.45) is 0.705. The average molecular weight is 434 g/mol. The van der Waals surface area contributed by atoms with Crippen molar-refractivity contribution in [3.63, 3.8) is 0 Å². The van der Waals surface area contributed by atoms with E-state index in [4.69, 9.17) is 11.6 Å². The third-order valence-corrected chi connectivity index (χ3v) is 7.36. The van der Waals surface area contributed by atoms with Crippen LogP contribution in [0.3, 0.4) is 0 Å². The van der Waals surface area contributed by atoms with Crippen LogP contribution in [0.4, 0.5) is 0 Å². The molecule has 2 aliphatic rings. The molecule has 0 spiro atoms. The summed E-state index contributed by atoms with van der Waals surface area (Å²) in [4.78, 5) is 25.8. The van der Waals surface area contributed by atoms with E-state index >= 15 is 0 Å². The molecule has 7 nitrogen and oxygen atoms in total. The molecule has 9 heteroatoms. The monoisotopic (exact) mass is 433 g/mol. The number of carbonyl (C=O) groups is 2. The normalized spacial score (nSPS) is 18.4. The van der Waals surface area contributed by atoms with E-state index in [1.54, 1.807) is 0 Å². The maximum Gasteiger partial charge on any atom is 0.258 e. The summed E-state index contributed by atoms with van der Waals surface area (Å²) in [6.45, 7) is 2.88. The summed E-state index contributed by atoms with van der Waals surface area (Å²) in [6, 6.07) is 11.7. The summed E-state index contributed by atoms with van der Waals surface area (Å²) in [7, 11) is -3.75. The first kappa shape index (κ1) is 20.0. The van der Waals surface area contributed by atoms with Gasteiger partial charge in [0.1, 0.15) is 0 Å². The Morgan fingerprint density at radius 3 is 2.38 bits per heavy atom. The van der Waals surface area contributed by atoms with Gasteiger partial charge >= 0.3 is 0 Å². The van der Waals surface area contributed by atoms with Gasteiger partial charge in [-0.2, -0.15) is 4.31 Å². The van der Waals surface area contributed by atoms with Gasteiger partial charge in [0.2, 0.25) is 10.0 Å². The Hall–Kier alpha value is -2.26. The van der Waals surface area contributed by atoms with Crippen LogP contribution in [0, 0.1) is 0 Å². The number of hydrogen-bond acceptors (Lipinski definition) is 5. The van der Waals surface area contributed by atoms with E-state index in [0.717, 1.165) is 18.7 Å². The van der Waals surface area contributed by atoms with Gasteiger partial charge in [-0.25, -0.2) is 8.42 Å². The molecular formula is C20H20ClN3O4S. The van der Waals surface area contributed by atoms with Crippen LogP contribution in [0.1, 0.15) is 32.7 Å². The number of rotatable bonds is 4. The summed E-state index contributed by atoms with van der Waals surface area (Å²) in [5, 5.41) is 2.87. The predicted molar refractivity (Wildman–Crippen MR) is 108 cm³/mol. The molecule has 2 aromatic rings. The molecule has 29 heavy (non-hydrogen) atoms. The van der Waals surface area contributed by atoms with Crippen LogP contribution in [-0.2, 0) is 16.6 Å². The van der Waals surface area contributed by atoms with E-state index in [0.29, 0.717) is 31.1 Å². The maximum atomic E-state index is 13.1. The lowest BCUT2D eigenvalue weighted by molar-refractivity contribution is 0.0879. The fourth-order valence-corrected chi connectivity index (χ4v) is 5.27. The van der Waals surface area contributed by atoms with Crippen LogP contribution in [-0.4, -0.2) is 55.6 Å². The first-order valence-corrected chi connectivity index (χ1v) is 11.1. The highest BCUT2D eigenvalue weighted by Gasteiger charge is 2.31. The van der Waals surface area contributed by atoms with Crippen molar-refractivity contribution in [3.05, 3.63) is 64.2 Å². The van der Waals surface area contributed by atoms with Crippen LogP contribution in [0.15, 0.2) is 47.4 Å². The molecule has 0 unspecified atom stereocenters. The molecule has 2 heterocycles. The molecule has 1 saturated heterocycles. The smallest absolute Gasteiger partial charge is 0.258 e. The van der Waals surface area contributed by atoms with Crippen molar-refractivity contribution in [2.45, 2.75) is 17.9 Å². The topological polar surface area (TPSA) is 86.8 Å². The molecule has 1 fully saturated rings. The zero-order valence-electron chi connectivity index (χ0n) is 15.6. The Morgan fingerprint density at radius 1 is 0.897 bits per heavy atom. The molecular weight excluding hydrogens is 414 g/mol. The Labute approximate surface area is 174 Å². The highest BCUT2D eigenvalue weighted by Crippen LogP contribution is 2.24. The number of carbonyl (C=O) groups excluding carboxylic acids is 2. The van der Waals surface area contributed by atoms with Crippen molar-refractivity contribution in [1.29, 1.82) is 0 Å². The second kappa shape index (κ2) is 7.87. The Morgan fingerprint density at radius 2 is 1.62 bits per heavy atom. The van der Waals surface area contributed by atoms with Gasteiger partial charge in [0.05, 0.1) is 16.0 Å². The van der Waals surface area contributed by atoms with Crippen LogP contribution >= 0.6 is 11.6 Å². The number of imide groups is 1. The molecule has 4 rings (SSSR count). The third-order valence-electron chi connectivity index (χ3n) is 5.21. The first-order valence-electron chi connectivity index (χ1n) is 9.31. The first-order chi connectivity index (χ1) is 13.8.